The summed E-state index contributed by atoms with van der Waals surface area (Å²) in [4.78, 5) is 7.30. The van der Waals surface area contributed by atoms with Gasteiger partial charge in [-0.15, -0.1) is 11.3 Å². The number of aromatic nitrogens is 2. The van der Waals surface area contributed by atoms with Gasteiger partial charge in [0.2, 0.25) is 0 Å². The van der Waals surface area contributed by atoms with Gasteiger partial charge < -0.3 is 4.57 Å². The van der Waals surface area contributed by atoms with E-state index in [2.05, 4.69) is 29.7 Å². The van der Waals surface area contributed by atoms with Gasteiger partial charge in [0.25, 0.3) is 0 Å². The topological polar surface area (TPSA) is 41.6 Å². The summed E-state index contributed by atoms with van der Waals surface area (Å²) in [6.07, 6.45) is 2.45. The highest BCUT2D eigenvalue weighted by atomic mass is 32.1. The van der Waals surface area contributed by atoms with Crippen LogP contribution < -0.4 is 0 Å². The van der Waals surface area contributed by atoms with Crippen molar-refractivity contribution in [3.8, 4) is 16.8 Å². The van der Waals surface area contributed by atoms with Gasteiger partial charge in [-0.05, 0) is 50.1 Å². The van der Waals surface area contributed by atoms with Crippen molar-refractivity contribution in [3.63, 3.8) is 0 Å². The molecule has 1 fully saturated rings. The van der Waals surface area contributed by atoms with Gasteiger partial charge in [0.15, 0.2) is 5.82 Å². The average Bonchev–Trinajstić information content (AvgIpc) is 3.09. The Morgan fingerprint density at radius 2 is 2.15 bits per heavy atom. The van der Waals surface area contributed by atoms with E-state index in [9.17, 15) is 0 Å². The third kappa shape index (κ3) is 1.75. The first kappa shape index (κ1) is 11.7. The van der Waals surface area contributed by atoms with E-state index in [1.54, 1.807) is 11.3 Å². The van der Waals surface area contributed by atoms with Crippen LogP contribution in [0.1, 0.15) is 29.3 Å². The van der Waals surface area contributed by atoms with Crippen LogP contribution in [-0.2, 0) is 0 Å². The number of nitrogens with zero attached hydrogens (tertiary/aromatic N) is 3. The van der Waals surface area contributed by atoms with E-state index >= 15 is 0 Å². The predicted octanol–water partition coefficient (Wildman–Crippen LogP) is 4.28. The number of thiophene rings is 1. The molecule has 20 heavy (non-hydrogen) atoms. The fourth-order valence-electron chi connectivity index (χ4n) is 2.60. The number of hydrogen-bond acceptors (Lipinski definition) is 3. The number of nitriles is 1. The molecule has 0 aliphatic heterocycles. The van der Waals surface area contributed by atoms with Gasteiger partial charge in [0, 0.05) is 10.9 Å². The maximum absolute atomic E-state index is 9.03. The molecule has 0 atom stereocenters. The summed E-state index contributed by atoms with van der Waals surface area (Å²) in [5.74, 6) is 1.05. The van der Waals surface area contributed by atoms with Crippen molar-refractivity contribution in [2.24, 2.45) is 0 Å². The van der Waals surface area contributed by atoms with Crippen LogP contribution in [0.5, 0.6) is 0 Å². The Morgan fingerprint density at radius 3 is 2.80 bits per heavy atom. The fourth-order valence-corrected chi connectivity index (χ4v) is 3.45. The molecule has 3 nitrogen and oxygen atoms in total. The Labute approximate surface area is 121 Å². The molecule has 2 heterocycles. The van der Waals surface area contributed by atoms with Gasteiger partial charge in [-0.1, -0.05) is 0 Å². The van der Waals surface area contributed by atoms with E-state index in [0.717, 1.165) is 16.9 Å². The van der Waals surface area contributed by atoms with E-state index in [-0.39, 0.29) is 0 Å². The van der Waals surface area contributed by atoms with Crippen LogP contribution in [0.2, 0.25) is 0 Å². The highest BCUT2D eigenvalue weighted by Crippen LogP contribution is 2.42. The minimum Gasteiger partial charge on any atom is -0.320 e. The molecule has 3 aromatic rings. The molecular weight excluding hydrogens is 266 g/mol. The van der Waals surface area contributed by atoms with Crippen LogP contribution in [0, 0.1) is 18.3 Å². The van der Waals surface area contributed by atoms with Crippen molar-refractivity contribution in [2.45, 2.75) is 25.8 Å². The zero-order valence-electron chi connectivity index (χ0n) is 11.1. The first-order chi connectivity index (χ1) is 9.76. The summed E-state index contributed by atoms with van der Waals surface area (Å²) in [7, 11) is 0. The normalized spacial score (nSPS) is 14.6. The predicted molar refractivity (Wildman–Crippen MR) is 80.8 cm³/mol. The Hall–Kier alpha value is -2.12. The van der Waals surface area contributed by atoms with Gasteiger partial charge in [-0.2, -0.15) is 5.26 Å². The van der Waals surface area contributed by atoms with Crippen LogP contribution in [0.15, 0.2) is 30.3 Å². The minimum atomic E-state index is 0.574. The number of fused-ring (bicyclic) bond motifs is 1. The summed E-state index contributed by atoms with van der Waals surface area (Å²) in [5, 5.41) is 9.03. The summed E-state index contributed by atoms with van der Waals surface area (Å²) >= 11 is 1.78. The van der Waals surface area contributed by atoms with E-state index in [0.29, 0.717) is 11.6 Å². The molecule has 0 unspecified atom stereocenters. The maximum Gasteiger partial charge on any atom is 0.151 e. The van der Waals surface area contributed by atoms with Crippen molar-refractivity contribution in [1.82, 2.24) is 9.55 Å². The minimum absolute atomic E-state index is 0.574. The van der Waals surface area contributed by atoms with Crippen LogP contribution in [0.3, 0.4) is 0 Å². The zero-order valence-corrected chi connectivity index (χ0v) is 11.9. The number of rotatable bonds is 2. The molecule has 98 valence electrons. The quantitative estimate of drug-likeness (QED) is 0.702. The lowest BCUT2D eigenvalue weighted by molar-refractivity contribution is 0.777. The molecule has 1 saturated carbocycles. The molecule has 1 aliphatic rings. The monoisotopic (exact) mass is 279 g/mol. The van der Waals surface area contributed by atoms with Crippen molar-refractivity contribution in [2.75, 3.05) is 0 Å². The molecule has 0 N–H and O–H groups in total. The molecule has 4 heteroatoms. The highest BCUT2D eigenvalue weighted by molar-refractivity contribution is 7.15. The number of aryl methyl sites for hydroxylation is 1. The molecule has 0 spiro atoms. The second kappa shape index (κ2) is 4.19. The largest absolute Gasteiger partial charge is 0.320 e. The summed E-state index contributed by atoms with van der Waals surface area (Å²) < 4.78 is 2.35. The molecule has 1 aromatic carbocycles. The standard InChI is InChI=1S/C16H13N3S/c1-10-2-7-15(20-10)16-18-13-8-11(9-17)3-6-14(13)19(16)12-4-5-12/h2-3,6-8,12H,4-5H2,1H3. The molecule has 2 aromatic heterocycles. The molecular formula is C16H13N3S. The second-order valence-electron chi connectivity index (χ2n) is 5.26. The highest BCUT2D eigenvalue weighted by Gasteiger charge is 2.29. The van der Waals surface area contributed by atoms with Gasteiger partial charge in [0.1, 0.15) is 0 Å². The van der Waals surface area contributed by atoms with E-state index < -0.39 is 0 Å². The van der Waals surface area contributed by atoms with Crippen molar-refractivity contribution < 1.29 is 0 Å². The third-order valence-corrected chi connectivity index (χ3v) is 4.69. The molecule has 0 amide bonds. The molecule has 0 saturated heterocycles. The second-order valence-corrected chi connectivity index (χ2v) is 6.55. The molecule has 0 bridgehead atoms. The Balaban J connectivity index is 1.99. The van der Waals surface area contributed by atoms with Crippen molar-refractivity contribution in [3.05, 3.63) is 40.8 Å². The van der Waals surface area contributed by atoms with E-state index in [4.69, 9.17) is 10.2 Å². The molecule has 0 radical (unpaired) electrons. The summed E-state index contributed by atoms with van der Waals surface area (Å²) in [6, 6.07) is 12.8. The lowest BCUT2D eigenvalue weighted by atomic mass is 10.2. The summed E-state index contributed by atoms with van der Waals surface area (Å²) in [5.41, 5.74) is 2.75. The summed E-state index contributed by atoms with van der Waals surface area (Å²) in [6.45, 7) is 2.12. The van der Waals surface area contributed by atoms with Crippen LogP contribution in [0.25, 0.3) is 21.7 Å². The lowest BCUT2D eigenvalue weighted by Gasteiger charge is -2.05. The molecule has 1 aliphatic carbocycles. The number of hydrogen-bond donors (Lipinski definition) is 0. The van der Waals surface area contributed by atoms with E-state index in [1.807, 2.05) is 18.2 Å². The SMILES string of the molecule is Cc1ccc(-c2nc3cc(C#N)ccc3n2C2CC2)s1. The van der Waals surface area contributed by atoms with E-state index in [1.165, 1.54) is 22.6 Å². The number of benzene rings is 1. The van der Waals surface area contributed by atoms with Crippen LogP contribution in [0.4, 0.5) is 0 Å². The lowest BCUT2D eigenvalue weighted by Crippen LogP contribution is -1.95. The van der Waals surface area contributed by atoms with Crippen LogP contribution in [-0.4, -0.2) is 9.55 Å². The van der Waals surface area contributed by atoms with Gasteiger partial charge in [0.05, 0.1) is 27.5 Å². The fraction of sp³-hybridized carbons (Fsp3) is 0.250. The van der Waals surface area contributed by atoms with Gasteiger partial charge >= 0.3 is 0 Å². The Kier molecular flexibility index (Phi) is 2.45. The average molecular weight is 279 g/mol. The first-order valence-electron chi connectivity index (χ1n) is 6.75. The van der Waals surface area contributed by atoms with Gasteiger partial charge in [-0.25, -0.2) is 4.98 Å². The Morgan fingerprint density at radius 1 is 1.30 bits per heavy atom. The molecule has 4 rings (SSSR count). The van der Waals surface area contributed by atoms with Crippen molar-refractivity contribution in [1.29, 1.82) is 5.26 Å². The maximum atomic E-state index is 9.03. The third-order valence-electron chi connectivity index (χ3n) is 3.69. The first-order valence-corrected chi connectivity index (χ1v) is 7.57. The van der Waals surface area contributed by atoms with Crippen molar-refractivity contribution >= 4 is 22.4 Å². The number of imidazole rings is 1. The zero-order chi connectivity index (χ0) is 13.7. The smallest absolute Gasteiger partial charge is 0.151 e. The Bertz CT molecular complexity index is 846. The van der Waals surface area contributed by atoms with Crippen LogP contribution >= 0.6 is 11.3 Å². The van der Waals surface area contributed by atoms with Gasteiger partial charge in [-0.3, -0.25) is 0 Å².